The van der Waals surface area contributed by atoms with Crippen molar-refractivity contribution in [2.24, 2.45) is 34.0 Å². The minimum Gasteiger partial charge on any atom is -0.391 e. The van der Waals surface area contributed by atoms with E-state index in [1.165, 1.54) is 0 Å². The molecule has 0 aromatic heterocycles. The summed E-state index contributed by atoms with van der Waals surface area (Å²) in [6.45, 7) is 5.07. The molecule has 6 heteroatoms. The molecule has 142 valence electrons. The van der Waals surface area contributed by atoms with Gasteiger partial charge in [-0.05, 0) is 30.6 Å². The maximum Gasteiger partial charge on any atom is 0.208 e. The van der Waals surface area contributed by atoms with Crippen LogP contribution >= 0.6 is 0 Å². The summed E-state index contributed by atoms with van der Waals surface area (Å²) >= 11 is 0. The summed E-state index contributed by atoms with van der Waals surface area (Å²) in [5, 5.41) is 37.6. The van der Waals surface area contributed by atoms with E-state index in [0.717, 1.165) is 19.3 Å². The highest BCUT2D eigenvalue weighted by Crippen LogP contribution is 2.76. The molecule has 6 nitrogen and oxygen atoms in total. The Bertz CT molecular complexity index is 759. The number of Topliss-reactive ketones (excluding diaryl/α,β-unsaturated/α-hetero) is 1. The van der Waals surface area contributed by atoms with E-state index in [1.807, 2.05) is 0 Å². The fourth-order valence-electron chi connectivity index (χ4n) is 8.18. The molecule has 0 aromatic rings. The van der Waals surface area contributed by atoms with Crippen LogP contribution in [0.5, 0.6) is 0 Å². The van der Waals surface area contributed by atoms with E-state index in [-0.39, 0.29) is 29.0 Å². The topological polar surface area (TPSA) is 109 Å². The molecule has 0 amide bonds. The number of carbonyl (C=O) groups excluding carboxylic acids is 1. The summed E-state index contributed by atoms with van der Waals surface area (Å²) in [6.07, 6.45) is 4.44. The van der Waals surface area contributed by atoms with Gasteiger partial charge in [-0.2, -0.15) is 0 Å². The maximum atomic E-state index is 13.7. The molecule has 26 heavy (non-hydrogen) atoms. The maximum absolute atomic E-state index is 13.7. The van der Waals surface area contributed by atoms with E-state index < -0.39 is 34.4 Å². The lowest BCUT2D eigenvalue weighted by Gasteiger charge is -2.72. The van der Waals surface area contributed by atoms with Crippen molar-refractivity contribution in [3.8, 4) is 0 Å². The first-order valence-electron chi connectivity index (χ1n) is 9.89. The number of nitrogens with one attached hydrogen (secondary N) is 1. The van der Waals surface area contributed by atoms with Gasteiger partial charge in [-0.1, -0.05) is 26.0 Å². The highest BCUT2D eigenvalue weighted by molar-refractivity contribution is 6.02. The number of ether oxygens (including phenoxy) is 1. The number of allylic oxidation sites excluding steroid dienone is 1. The van der Waals surface area contributed by atoms with Crippen LogP contribution in [-0.2, 0) is 9.53 Å². The normalized spacial score (nSPS) is 63.7. The van der Waals surface area contributed by atoms with Gasteiger partial charge in [0.05, 0.1) is 18.2 Å². The predicted molar refractivity (Wildman–Crippen MR) is 90.8 cm³/mol. The Hall–Kier alpha value is -0.790. The van der Waals surface area contributed by atoms with Crippen LogP contribution in [-0.4, -0.2) is 57.8 Å². The molecule has 6 fully saturated rings. The van der Waals surface area contributed by atoms with Gasteiger partial charge in [-0.25, -0.2) is 0 Å². The molecule has 3 saturated heterocycles. The second kappa shape index (κ2) is 4.13. The standard InChI is InChI=1S/C20H27NO5/c1-16(2)6-3-7-17-9-26-20(25,14(23)12(16)17)19-11(17)5-4-10(13(19)22)18(8-21-18)15(19)24/h3,7,10-14,21-23,25H,4-6,8-9H2,1-2H3/t10-,11+,12?,13-,14+,17-,18?,19-,20?/m1/s1. The summed E-state index contributed by atoms with van der Waals surface area (Å²) in [6, 6.07) is 0. The van der Waals surface area contributed by atoms with Gasteiger partial charge in [0.2, 0.25) is 5.79 Å². The van der Waals surface area contributed by atoms with Gasteiger partial charge in [0, 0.05) is 23.8 Å². The van der Waals surface area contributed by atoms with Crippen LogP contribution in [0.3, 0.4) is 0 Å². The molecule has 9 atom stereocenters. The quantitative estimate of drug-likeness (QED) is 0.356. The van der Waals surface area contributed by atoms with Crippen molar-refractivity contribution in [3.05, 3.63) is 12.2 Å². The van der Waals surface area contributed by atoms with E-state index >= 15 is 0 Å². The lowest BCUT2D eigenvalue weighted by atomic mass is 9.37. The zero-order valence-electron chi connectivity index (χ0n) is 15.2. The van der Waals surface area contributed by atoms with Crippen LogP contribution in [0.4, 0.5) is 0 Å². The molecule has 7 aliphatic rings. The Morgan fingerprint density at radius 2 is 1.96 bits per heavy atom. The van der Waals surface area contributed by atoms with Crippen molar-refractivity contribution >= 4 is 5.78 Å². The van der Waals surface area contributed by atoms with Crippen LogP contribution in [0.2, 0.25) is 0 Å². The molecule has 3 heterocycles. The fraction of sp³-hybridized carbons (Fsp3) is 0.850. The molecular weight excluding hydrogens is 334 g/mol. The number of carbonyl (C=O) groups is 1. The molecule has 7 rings (SSSR count). The fourth-order valence-corrected chi connectivity index (χ4v) is 8.18. The monoisotopic (exact) mass is 361 g/mol. The van der Waals surface area contributed by atoms with Crippen molar-refractivity contribution in [2.75, 3.05) is 13.2 Å². The number of ketones is 1. The first-order valence-corrected chi connectivity index (χ1v) is 9.89. The zero-order chi connectivity index (χ0) is 18.3. The number of hydrogen-bond donors (Lipinski definition) is 4. The minimum atomic E-state index is -2.02. The van der Waals surface area contributed by atoms with E-state index in [4.69, 9.17) is 4.74 Å². The predicted octanol–water partition coefficient (Wildman–Crippen LogP) is -0.0334. The van der Waals surface area contributed by atoms with Crippen LogP contribution in [0, 0.1) is 34.0 Å². The van der Waals surface area contributed by atoms with Crippen LogP contribution < -0.4 is 5.32 Å². The summed E-state index contributed by atoms with van der Waals surface area (Å²) in [7, 11) is 0. The van der Waals surface area contributed by atoms with Gasteiger partial charge >= 0.3 is 0 Å². The Balaban J connectivity index is 1.65. The van der Waals surface area contributed by atoms with Crippen molar-refractivity contribution in [3.63, 3.8) is 0 Å². The van der Waals surface area contributed by atoms with Gasteiger partial charge in [0.25, 0.3) is 0 Å². The number of rotatable bonds is 0. The van der Waals surface area contributed by atoms with Crippen LogP contribution in [0.25, 0.3) is 0 Å². The molecule has 4 bridgehead atoms. The first kappa shape index (κ1) is 16.2. The SMILES string of the molecule is CC1(C)CC=C[C@]23COC(O)([C@@H](O)C12)[C@]12C(=O)C4(CN4)[C@H](CC[C@H]13)[C@H]2O. The molecule has 3 saturated carbocycles. The van der Waals surface area contributed by atoms with E-state index in [2.05, 4.69) is 31.3 Å². The third kappa shape index (κ3) is 1.26. The van der Waals surface area contributed by atoms with E-state index in [9.17, 15) is 20.1 Å². The summed E-state index contributed by atoms with van der Waals surface area (Å²) in [4.78, 5) is 13.7. The van der Waals surface area contributed by atoms with Crippen molar-refractivity contribution in [1.82, 2.24) is 5.32 Å². The van der Waals surface area contributed by atoms with Crippen LogP contribution in [0.15, 0.2) is 12.2 Å². The Kier molecular flexibility index (Phi) is 2.57. The van der Waals surface area contributed by atoms with Gasteiger partial charge in [-0.3, -0.25) is 4.79 Å². The second-order valence-corrected chi connectivity index (χ2v) is 10.3. The average Bonchev–Trinajstić information content (AvgIpc) is 3.36. The van der Waals surface area contributed by atoms with E-state index in [1.54, 1.807) is 0 Å². The van der Waals surface area contributed by atoms with E-state index in [0.29, 0.717) is 13.2 Å². The summed E-state index contributed by atoms with van der Waals surface area (Å²) in [5.41, 5.74) is -2.91. The molecule has 0 aromatic carbocycles. The summed E-state index contributed by atoms with van der Waals surface area (Å²) < 4.78 is 5.93. The molecule has 4 aliphatic carbocycles. The number of hydrogen-bond acceptors (Lipinski definition) is 6. The number of aliphatic hydroxyl groups excluding tert-OH is 2. The van der Waals surface area contributed by atoms with Gasteiger partial charge in [0.1, 0.15) is 11.5 Å². The molecular formula is C20H27NO5. The van der Waals surface area contributed by atoms with Crippen LogP contribution in [0.1, 0.15) is 33.1 Å². The number of aliphatic hydroxyl groups is 3. The molecule has 3 aliphatic heterocycles. The Morgan fingerprint density at radius 3 is 2.65 bits per heavy atom. The molecule has 3 spiro atoms. The largest absolute Gasteiger partial charge is 0.391 e. The van der Waals surface area contributed by atoms with Gasteiger partial charge in [0.15, 0.2) is 5.78 Å². The lowest BCUT2D eigenvalue weighted by molar-refractivity contribution is -0.436. The first-order chi connectivity index (χ1) is 12.2. The molecule has 0 radical (unpaired) electrons. The molecule has 4 N–H and O–H groups in total. The average molecular weight is 361 g/mol. The Morgan fingerprint density at radius 1 is 1.23 bits per heavy atom. The lowest BCUT2D eigenvalue weighted by Crippen LogP contribution is -2.83. The highest BCUT2D eigenvalue weighted by atomic mass is 16.6. The third-order valence-electron chi connectivity index (χ3n) is 9.13. The minimum absolute atomic E-state index is 0.138. The van der Waals surface area contributed by atoms with Crippen molar-refractivity contribution < 1.29 is 24.9 Å². The van der Waals surface area contributed by atoms with Crippen molar-refractivity contribution in [2.45, 2.75) is 56.6 Å². The highest BCUT2D eigenvalue weighted by Gasteiger charge is 2.89. The number of fused-ring (bicyclic) bond motifs is 3. The smallest absolute Gasteiger partial charge is 0.208 e. The van der Waals surface area contributed by atoms with Gasteiger partial charge < -0.3 is 25.4 Å². The second-order valence-electron chi connectivity index (χ2n) is 10.3. The third-order valence-corrected chi connectivity index (χ3v) is 9.13. The van der Waals surface area contributed by atoms with Gasteiger partial charge in [-0.15, -0.1) is 0 Å². The van der Waals surface area contributed by atoms with Crippen molar-refractivity contribution in [1.29, 1.82) is 0 Å². The zero-order valence-corrected chi connectivity index (χ0v) is 15.2. The molecule has 3 unspecified atom stereocenters. The summed E-state index contributed by atoms with van der Waals surface area (Å²) in [5.74, 6) is -2.77. The Labute approximate surface area is 152 Å².